The number of rotatable bonds is 8. The number of esters is 1. The fraction of sp³-hybridized carbons (Fsp3) is 0.600. The number of methoxy groups -OCH3 is 3. The Balaban J connectivity index is 2.28. The predicted octanol–water partition coefficient (Wildman–Crippen LogP) is 2.31. The average Bonchev–Trinajstić information content (AvgIpc) is 2.65. The average molecular weight is 395 g/mol. The summed E-state index contributed by atoms with van der Waals surface area (Å²) in [5.74, 6) is -1.32. The van der Waals surface area contributed by atoms with Crippen LogP contribution in [0.1, 0.15) is 39.2 Å². The van der Waals surface area contributed by atoms with Gasteiger partial charge in [0.1, 0.15) is 5.75 Å². The number of ether oxygens (including phenoxy) is 3. The van der Waals surface area contributed by atoms with Gasteiger partial charge in [-0.05, 0) is 12.1 Å². The maximum Gasteiger partial charge on any atom is 0.306 e. The molecule has 8 heteroatoms. The Morgan fingerprint density at radius 2 is 1.82 bits per heavy atom. The molecule has 1 amide bonds. The molecule has 28 heavy (non-hydrogen) atoms. The highest BCUT2D eigenvalue weighted by Crippen LogP contribution is 2.57. The zero-order valence-electron chi connectivity index (χ0n) is 17.3. The van der Waals surface area contributed by atoms with Gasteiger partial charge in [-0.3, -0.25) is 9.59 Å². The molecule has 0 aromatic heterocycles. The van der Waals surface area contributed by atoms with E-state index in [1.807, 2.05) is 45.0 Å². The molecule has 0 saturated carbocycles. The second-order valence-electron chi connectivity index (χ2n) is 7.65. The van der Waals surface area contributed by atoms with Gasteiger partial charge in [-0.25, -0.2) is 4.89 Å². The predicted molar refractivity (Wildman–Crippen MR) is 100 cm³/mol. The summed E-state index contributed by atoms with van der Waals surface area (Å²) in [4.78, 5) is 34.7. The fourth-order valence-electron chi connectivity index (χ4n) is 3.30. The lowest BCUT2D eigenvalue weighted by molar-refractivity contribution is -0.632. The molecule has 0 aliphatic carbocycles. The number of benzene rings is 1. The van der Waals surface area contributed by atoms with Crippen molar-refractivity contribution in [2.24, 2.45) is 5.41 Å². The Bertz CT molecular complexity index is 711. The molecule has 2 unspecified atom stereocenters. The summed E-state index contributed by atoms with van der Waals surface area (Å²) in [6.45, 7) is 6.06. The van der Waals surface area contributed by atoms with Gasteiger partial charge in [0.25, 0.3) is 5.79 Å². The molecule has 156 valence electrons. The maximum absolute atomic E-state index is 12.2. The quantitative estimate of drug-likeness (QED) is 0.533. The maximum atomic E-state index is 12.2. The Hall–Kier alpha value is -2.16. The first-order chi connectivity index (χ1) is 13.2. The molecule has 1 aliphatic rings. The van der Waals surface area contributed by atoms with E-state index in [1.54, 1.807) is 7.11 Å². The van der Waals surface area contributed by atoms with Crippen molar-refractivity contribution in [1.29, 1.82) is 0 Å². The van der Waals surface area contributed by atoms with E-state index in [1.165, 1.54) is 14.2 Å². The third kappa shape index (κ3) is 3.85. The van der Waals surface area contributed by atoms with Crippen molar-refractivity contribution in [3.63, 3.8) is 0 Å². The lowest BCUT2D eigenvalue weighted by Crippen LogP contribution is -2.75. The van der Waals surface area contributed by atoms with Crippen molar-refractivity contribution >= 4 is 11.9 Å². The summed E-state index contributed by atoms with van der Waals surface area (Å²) in [5.41, 5.74) is -0.776. The molecule has 1 aliphatic heterocycles. The van der Waals surface area contributed by atoms with Gasteiger partial charge in [0.05, 0.1) is 27.2 Å². The molecular formula is C20H29NO7. The first kappa shape index (κ1) is 22.1. The summed E-state index contributed by atoms with van der Waals surface area (Å²) in [6, 6.07) is 7.32. The highest BCUT2D eigenvalue weighted by atomic mass is 17.3. The van der Waals surface area contributed by atoms with Gasteiger partial charge >= 0.3 is 5.97 Å². The minimum atomic E-state index is -1.24. The van der Waals surface area contributed by atoms with Gasteiger partial charge in [-0.15, -0.1) is 0 Å². The number of carbonyl (C=O) groups is 2. The van der Waals surface area contributed by atoms with Crippen LogP contribution in [0.3, 0.4) is 0 Å². The largest absolute Gasteiger partial charge is 0.497 e. The van der Waals surface area contributed by atoms with E-state index < -0.39 is 22.8 Å². The van der Waals surface area contributed by atoms with E-state index >= 15 is 0 Å². The molecule has 2 atom stereocenters. The number of hydrogen-bond donors (Lipinski definition) is 1. The van der Waals surface area contributed by atoms with Crippen LogP contribution in [-0.4, -0.2) is 45.4 Å². The fourth-order valence-corrected chi connectivity index (χ4v) is 3.30. The van der Waals surface area contributed by atoms with Crippen LogP contribution in [0.4, 0.5) is 0 Å². The van der Waals surface area contributed by atoms with Crippen LogP contribution in [0.25, 0.3) is 0 Å². The minimum absolute atomic E-state index is 0.00745. The lowest BCUT2D eigenvalue weighted by Gasteiger charge is -2.60. The Labute approximate surface area is 165 Å². The molecule has 1 fully saturated rings. The van der Waals surface area contributed by atoms with Crippen LogP contribution >= 0.6 is 0 Å². The molecule has 1 aromatic rings. The van der Waals surface area contributed by atoms with Crippen LogP contribution in [0.5, 0.6) is 5.75 Å². The second kappa shape index (κ2) is 8.46. The molecule has 0 bridgehead atoms. The molecule has 1 N–H and O–H groups in total. The topological polar surface area (TPSA) is 92.3 Å². The third-order valence-corrected chi connectivity index (χ3v) is 5.10. The summed E-state index contributed by atoms with van der Waals surface area (Å²) in [7, 11) is 4.40. The van der Waals surface area contributed by atoms with Gasteiger partial charge in [-0.1, -0.05) is 32.9 Å². The van der Waals surface area contributed by atoms with E-state index in [4.69, 9.17) is 19.2 Å². The first-order valence-corrected chi connectivity index (χ1v) is 9.06. The Morgan fingerprint density at radius 1 is 1.11 bits per heavy atom. The lowest BCUT2D eigenvalue weighted by atomic mass is 9.67. The van der Waals surface area contributed by atoms with Crippen molar-refractivity contribution in [2.45, 2.75) is 45.0 Å². The third-order valence-electron chi connectivity index (χ3n) is 5.10. The molecule has 8 nitrogen and oxygen atoms in total. The van der Waals surface area contributed by atoms with Crippen LogP contribution < -0.4 is 10.1 Å². The van der Waals surface area contributed by atoms with Gasteiger partial charge in [0.15, 0.2) is 5.60 Å². The van der Waals surface area contributed by atoms with E-state index in [2.05, 4.69) is 10.1 Å². The van der Waals surface area contributed by atoms with Gasteiger partial charge in [0.2, 0.25) is 5.91 Å². The van der Waals surface area contributed by atoms with E-state index in [0.717, 1.165) is 0 Å². The summed E-state index contributed by atoms with van der Waals surface area (Å²) < 4.78 is 15.7. The summed E-state index contributed by atoms with van der Waals surface area (Å²) >= 11 is 0. The van der Waals surface area contributed by atoms with Gasteiger partial charge < -0.3 is 19.5 Å². The molecule has 1 heterocycles. The normalized spacial score (nSPS) is 24.2. The summed E-state index contributed by atoms with van der Waals surface area (Å²) in [5, 5.41) is 2.84. The minimum Gasteiger partial charge on any atom is -0.497 e. The molecular weight excluding hydrogens is 366 g/mol. The van der Waals surface area contributed by atoms with Crippen molar-refractivity contribution in [2.75, 3.05) is 27.9 Å². The van der Waals surface area contributed by atoms with E-state index in [-0.39, 0.29) is 25.3 Å². The molecule has 2 rings (SSSR count). The second-order valence-corrected chi connectivity index (χ2v) is 7.65. The van der Waals surface area contributed by atoms with Crippen molar-refractivity contribution in [1.82, 2.24) is 5.32 Å². The first-order valence-electron chi connectivity index (χ1n) is 9.06. The van der Waals surface area contributed by atoms with Crippen LogP contribution in [0, 0.1) is 5.41 Å². The van der Waals surface area contributed by atoms with Gasteiger partial charge in [0, 0.05) is 24.5 Å². The number of carbonyl (C=O) groups excluding carboxylic acids is 2. The van der Waals surface area contributed by atoms with Crippen molar-refractivity contribution in [3.05, 3.63) is 29.8 Å². The van der Waals surface area contributed by atoms with E-state index in [0.29, 0.717) is 11.3 Å². The molecule has 1 aromatic carbocycles. The number of nitrogens with one attached hydrogen (secondary N) is 1. The molecule has 0 spiro atoms. The van der Waals surface area contributed by atoms with E-state index in [9.17, 15) is 9.59 Å². The van der Waals surface area contributed by atoms with Crippen LogP contribution in [-0.2, 0) is 34.6 Å². The highest BCUT2D eigenvalue weighted by Gasteiger charge is 2.71. The SMILES string of the molecule is COC(=O)CCC(=O)NCC1(C(C)(C)C)OOC1(OC)c1cccc(OC)c1. The molecule has 0 radical (unpaired) electrons. The van der Waals surface area contributed by atoms with Crippen molar-refractivity contribution < 1.29 is 33.6 Å². The smallest absolute Gasteiger partial charge is 0.306 e. The Morgan fingerprint density at radius 3 is 2.32 bits per heavy atom. The van der Waals surface area contributed by atoms with Crippen LogP contribution in [0.15, 0.2) is 24.3 Å². The zero-order valence-corrected chi connectivity index (χ0v) is 17.3. The number of hydrogen-bond acceptors (Lipinski definition) is 7. The zero-order chi connectivity index (χ0) is 21.0. The van der Waals surface area contributed by atoms with Gasteiger partial charge in [-0.2, -0.15) is 4.89 Å². The Kier molecular flexibility index (Phi) is 6.69. The highest BCUT2D eigenvalue weighted by molar-refractivity contribution is 5.81. The monoisotopic (exact) mass is 395 g/mol. The summed E-state index contributed by atoms with van der Waals surface area (Å²) in [6.07, 6.45) is 0.0282. The number of amides is 1. The standard InChI is InChI=1S/C20H29NO7/c1-18(2,3)19(13-21-16(22)10-11-17(23)25-5)20(26-6,28-27-19)14-8-7-9-15(12-14)24-4/h7-9,12H,10-11,13H2,1-6H3,(H,21,22). The van der Waals surface area contributed by atoms with Crippen LogP contribution in [0.2, 0.25) is 0 Å². The molecule has 1 saturated heterocycles. The van der Waals surface area contributed by atoms with Crippen molar-refractivity contribution in [3.8, 4) is 5.75 Å².